The maximum atomic E-state index is 10.7. The number of aromatic nitrogens is 3. The molecule has 6 heteroatoms. The highest BCUT2D eigenvalue weighted by Gasteiger charge is 2.22. The highest BCUT2D eigenvalue weighted by Crippen LogP contribution is 2.34. The van der Waals surface area contributed by atoms with Gasteiger partial charge >= 0.3 is 5.97 Å². The van der Waals surface area contributed by atoms with Crippen LogP contribution < -0.4 is 0 Å². The average molecular weight is 277 g/mol. The number of pyridine rings is 1. The van der Waals surface area contributed by atoms with Gasteiger partial charge in [-0.2, -0.15) is 0 Å². The van der Waals surface area contributed by atoms with E-state index >= 15 is 0 Å². The Bertz CT molecular complexity index is 607. The quantitative estimate of drug-likeness (QED) is 0.821. The Morgan fingerprint density at radius 1 is 1.53 bits per heavy atom. The number of carbonyl (C=O) groups is 1. The number of thioether (sulfide) groups is 1. The van der Waals surface area contributed by atoms with E-state index in [1.807, 2.05) is 12.1 Å². The van der Waals surface area contributed by atoms with E-state index in [1.165, 1.54) is 24.6 Å². The molecular weight excluding hydrogens is 262 g/mol. The number of carboxylic acids is 1. The van der Waals surface area contributed by atoms with Crippen LogP contribution in [0.15, 0.2) is 23.5 Å². The summed E-state index contributed by atoms with van der Waals surface area (Å²) in [6.45, 7) is 0.875. The molecule has 0 spiro atoms. The summed E-state index contributed by atoms with van der Waals surface area (Å²) in [6.07, 6.45) is 5.52. The Morgan fingerprint density at radius 3 is 3.11 bits per heavy atom. The number of aliphatic carboxylic acids is 1. The molecule has 5 nitrogen and oxygen atoms in total. The van der Waals surface area contributed by atoms with Crippen LogP contribution in [0, 0.1) is 5.92 Å². The van der Waals surface area contributed by atoms with Crippen LogP contribution in [0.2, 0.25) is 0 Å². The third kappa shape index (κ3) is 2.89. The van der Waals surface area contributed by atoms with E-state index < -0.39 is 5.97 Å². The van der Waals surface area contributed by atoms with Gasteiger partial charge in [-0.3, -0.25) is 4.79 Å². The molecule has 0 saturated heterocycles. The Kier molecular flexibility index (Phi) is 3.42. The molecule has 2 aromatic heterocycles. The molecule has 1 saturated carbocycles. The van der Waals surface area contributed by atoms with Crippen LogP contribution in [0.3, 0.4) is 0 Å². The largest absolute Gasteiger partial charge is 0.481 e. The summed E-state index contributed by atoms with van der Waals surface area (Å²) in [6, 6.07) is 3.77. The molecule has 0 unspecified atom stereocenters. The van der Waals surface area contributed by atoms with Crippen molar-refractivity contribution < 1.29 is 9.90 Å². The SMILES string of the molecule is O=C(O)CSc1nc2cccnc2n1CCC1CC1. The van der Waals surface area contributed by atoms with E-state index in [0.29, 0.717) is 0 Å². The molecule has 0 aliphatic heterocycles. The first-order chi connectivity index (χ1) is 9.24. The van der Waals surface area contributed by atoms with Crippen LogP contribution in [0.4, 0.5) is 0 Å². The zero-order chi connectivity index (χ0) is 13.2. The molecule has 1 fully saturated rings. The smallest absolute Gasteiger partial charge is 0.313 e. The first-order valence-corrected chi connectivity index (χ1v) is 7.38. The van der Waals surface area contributed by atoms with Crippen molar-refractivity contribution >= 4 is 28.9 Å². The number of aryl methyl sites for hydroxylation is 1. The molecule has 0 bridgehead atoms. The van der Waals surface area contributed by atoms with E-state index in [4.69, 9.17) is 5.11 Å². The van der Waals surface area contributed by atoms with Crippen molar-refractivity contribution in [3.8, 4) is 0 Å². The molecular formula is C13H15N3O2S. The molecule has 1 aliphatic carbocycles. The van der Waals surface area contributed by atoms with Crippen LogP contribution in [0.5, 0.6) is 0 Å². The lowest BCUT2D eigenvalue weighted by Gasteiger charge is -2.06. The topological polar surface area (TPSA) is 68.0 Å². The molecule has 1 N–H and O–H groups in total. The number of nitrogens with zero attached hydrogens (tertiary/aromatic N) is 3. The zero-order valence-electron chi connectivity index (χ0n) is 10.5. The molecule has 2 aromatic rings. The van der Waals surface area contributed by atoms with Gasteiger partial charge in [-0.05, 0) is 24.5 Å². The standard InChI is InChI=1S/C13H15N3O2S/c17-11(18)8-19-13-15-10-2-1-6-14-12(10)16(13)7-5-9-3-4-9/h1-2,6,9H,3-5,7-8H2,(H,17,18). The first kappa shape index (κ1) is 12.5. The summed E-state index contributed by atoms with van der Waals surface area (Å²) in [5, 5.41) is 9.56. The predicted octanol–water partition coefficient (Wildman–Crippen LogP) is 2.41. The fraction of sp³-hybridized carbons (Fsp3) is 0.462. The van der Waals surface area contributed by atoms with Gasteiger partial charge in [0.15, 0.2) is 10.8 Å². The van der Waals surface area contributed by atoms with Gasteiger partial charge in [0.2, 0.25) is 0 Å². The molecule has 100 valence electrons. The number of imidazole rings is 1. The van der Waals surface area contributed by atoms with E-state index in [-0.39, 0.29) is 5.75 Å². The van der Waals surface area contributed by atoms with Gasteiger partial charge in [0.05, 0.1) is 5.75 Å². The van der Waals surface area contributed by atoms with Crippen molar-refractivity contribution in [2.75, 3.05) is 5.75 Å². The van der Waals surface area contributed by atoms with E-state index in [0.717, 1.165) is 35.2 Å². The van der Waals surface area contributed by atoms with Gasteiger partial charge in [0.25, 0.3) is 0 Å². The Balaban J connectivity index is 1.88. The molecule has 19 heavy (non-hydrogen) atoms. The maximum absolute atomic E-state index is 10.7. The van der Waals surface area contributed by atoms with E-state index in [2.05, 4.69) is 14.5 Å². The third-order valence-electron chi connectivity index (χ3n) is 3.25. The normalized spacial score (nSPS) is 14.9. The number of hydrogen-bond donors (Lipinski definition) is 1. The molecule has 0 aromatic carbocycles. The summed E-state index contributed by atoms with van der Waals surface area (Å²) in [4.78, 5) is 19.6. The summed E-state index contributed by atoms with van der Waals surface area (Å²) in [5.74, 6) is 0.0458. The van der Waals surface area contributed by atoms with Crippen molar-refractivity contribution in [2.45, 2.75) is 31.0 Å². The van der Waals surface area contributed by atoms with Gasteiger partial charge in [-0.25, -0.2) is 9.97 Å². The van der Waals surface area contributed by atoms with Gasteiger partial charge < -0.3 is 9.67 Å². The summed E-state index contributed by atoms with van der Waals surface area (Å²) in [7, 11) is 0. The number of fused-ring (bicyclic) bond motifs is 1. The van der Waals surface area contributed by atoms with Crippen LogP contribution in [-0.4, -0.2) is 31.4 Å². The predicted molar refractivity (Wildman–Crippen MR) is 73.2 cm³/mol. The zero-order valence-corrected chi connectivity index (χ0v) is 11.3. The van der Waals surface area contributed by atoms with Crippen molar-refractivity contribution in [2.24, 2.45) is 5.92 Å². The monoisotopic (exact) mass is 277 g/mol. The highest BCUT2D eigenvalue weighted by molar-refractivity contribution is 7.99. The molecule has 3 rings (SSSR count). The maximum Gasteiger partial charge on any atom is 0.313 e. The lowest BCUT2D eigenvalue weighted by atomic mass is 10.3. The average Bonchev–Trinajstić information content (AvgIpc) is 3.15. The number of hydrogen-bond acceptors (Lipinski definition) is 4. The van der Waals surface area contributed by atoms with Crippen LogP contribution in [-0.2, 0) is 11.3 Å². The Labute approximate surface area is 115 Å². The second-order valence-corrected chi connectivity index (χ2v) is 5.75. The van der Waals surface area contributed by atoms with Crippen molar-refractivity contribution in [1.82, 2.24) is 14.5 Å². The molecule has 0 atom stereocenters. The Hall–Kier alpha value is -1.56. The van der Waals surface area contributed by atoms with Gasteiger partial charge in [-0.15, -0.1) is 0 Å². The molecule has 0 radical (unpaired) electrons. The van der Waals surface area contributed by atoms with Crippen molar-refractivity contribution in [3.05, 3.63) is 18.3 Å². The van der Waals surface area contributed by atoms with E-state index in [9.17, 15) is 4.79 Å². The fourth-order valence-corrected chi connectivity index (χ4v) is 2.84. The minimum Gasteiger partial charge on any atom is -0.481 e. The lowest BCUT2D eigenvalue weighted by molar-refractivity contribution is -0.133. The summed E-state index contributed by atoms with van der Waals surface area (Å²) in [5.41, 5.74) is 1.70. The van der Waals surface area contributed by atoms with Crippen molar-refractivity contribution in [1.29, 1.82) is 0 Å². The van der Waals surface area contributed by atoms with Gasteiger partial charge in [0, 0.05) is 12.7 Å². The van der Waals surface area contributed by atoms with Gasteiger partial charge in [-0.1, -0.05) is 24.6 Å². The minimum absolute atomic E-state index is 0.0345. The second kappa shape index (κ2) is 5.21. The van der Waals surface area contributed by atoms with Crippen LogP contribution in [0.1, 0.15) is 19.3 Å². The van der Waals surface area contributed by atoms with Gasteiger partial charge in [0.1, 0.15) is 5.52 Å². The minimum atomic E-state index is -0.821. The molecule has 0 amide bonds. The first-order valence-electron chi connectivity index (χ1n) is 6.40. The van der Waals surface area contributed by atoms with Crippen LogP contribution in [0.25, 0.3) is 11.2 Å². The van der Waals surface area contributed by atoms with E-state index in [1.54, 1.807) is 6.20 Å². The van der Waals surface area contributed by atoms with Crippen LogP contribution >= 0.6 is 11.8 Å². The number of rotatable bonds is 6. The Morgan fingerprint density at radius 2 is 2.37 bits per heavy atom. The molecule has 2 heterocycles. The summed E-state index contributed by atoms with van der Waals surface area (Å²) < 4.78 is 2.06. The molecule has 1 aliphatic rings. The lowest BCUT2D eigenvalue weighted by Crippen LogP contribution is -2.04. The fourth-order valence-electron chi connectivity index (χ4n) is 2.09. The second-order valence-electron chi connectivity index (χ2n) is 4.81. The third-order valence-corrected chi connectivity index (χ3v) is 4.21. The summed E-state index contributed by atoms with van der Waals surface area (Å²) >= 11 is 1.27. The number of carboxylic acid groups (broad SMARTS) is 1. The highest BCUT2D eigenvalue weighted by atomic mass is 32.2. The van der Waals surface area contributed by atoms with Crippen molar-refractivity contribution in [3.63, 3.8) is 0 Å².